The van der Waals surface area contributed by atoms with Gasteiger partial charge in [0.05, 0.1) is 25.2 Å². The number of ether oxygens (including phenoxy) is 2. The van der Waals surface area contributed by atoms with Crippen molar-refractivity contribution in [2.75, 3.05) is 26.8 Å². The highest BCUT2D eigenvalue weighted by atomic mass is 19.4. The molecule has 3 unspecified atom stereocenters. The monoisotopic (exact) mass is 467 g/mol. The van der Waals surface area contributed by atoms with Crippen molar-refractivity contribution >= 4 is 0 Å². The number of rotatable bonds is 5. The number of alkyl halides is 3. The molecule has 0 radical (unpaired) electrons. The van der Waals surface area contributed by atoms with Crippen LogP contribution in [0.15, 0.2) is 12.1 Å². The number of piperidine rings is 1. The standard InChI is InChI=1S/C26H36F3NO3/c1-23(2,3)10-17-11-30-6-5-16-7-22(21(32-4)8-18(16)19(30)9-20(17)31)33-15-24-12-25(13-24,14-24)26(27,28)29/h7-8,17,19-20,31H,5-6,9-15H2,1-4H3. The molecule has 1 aromatic carbocycles. The minimum Gasteiger partial charge on any atom is -0.493 e. The second-order valence-electron chi connectivity index (χ2n) is 12.4. The summed E-state index contributed by atoms with van der Waals surface area (Å²) in [6, 6.07) is 4.20. The molecular weight excluding hydrogens is 431 g/mol. The molecule has 4 fully saturated rings. The average Bonchev–Trinajstić information content (AvgIpc) is 2.63. The van der Waals surface area contributed by atoms with Gasteiger partial charge in [-0.1, -0.05) is 20.8 Å². The lowest BCUT2D eigenvalue weighted by molar-refractivity contribution is -0.367. The Morgan fingerprint density at radius 2 is 1.82 bits per heavy atom. The van der Waals surface area contributed by atoms with Crippen molar-refractivity contribution in [2.24, 2.45) is 22.2 Å². The fraction of sp³-hybridized carbons (Fsp3) is 0.769. The van der Waals surface area contributed by atoms with Crippen LogP contribution in [-0.2, 0) is 6.42 Å². The summed E-state index contributed by atoms with van der Waals surface area (Å²) in [5.41, 5.74) is 0.773. The maximum atomic E-state index is 13.1. The lowest BCUT2D eigenvalue weighted by Crippen LogP contribution is -2.69. The third kappa shape index (κ3) is 3.93. The van der Waals surface area contributed by atoms with Gasteiger partial charge < -0.3 is 14.6 Å². The van der Waals surface area contributed by atoms with Crippen molar-refractivity contribution in [1.29, 1.82) is 0 Å². The molecule has 7 heteroatoms. The zero-order valence-electron chi connectivity index (χ0n) is 20.1. The molecule has 0 aromatic heterocycles. The molecule has 3 saturated carbocycles. The topological polar surface area (TPSA) is 41.9 Å². The van der Waals surface area contributed by atoms with Gasteiger partial charge in [0.25, 0.3) is 0 Å². The van der Waals surface area contributed by atoms with Gasteiger partial charge in [-0.2, -0.15) is 13.2 Å². The van der Waals surface area contributed by atoms with E-state index < -0.39 is 11.6 Å². The van der Waals surface area contributed by atoms with Crippen LogP contribution in [0.5, 0.6) is 11.5 Å². The van der Waals surface area contributed by atoms with Gasteiger partial charge in [0.15, 0.2) is 11.5 Å². The summed E-state index contributed by atoms with van der Waals surface area (Å²) in [6.45, 7) is 8.81. The molecule has 2 heterocycles. The fourth-order valence-corrected chi connectivity index (χ4v) is 7.04. The molecule has 2 aliphatic heterocycles. The Morgan fingerprint density at radius 3 is 2.42 bits per heavy atom. The van der Waals surface area contributed by atoms with Crippen LogP contribution >= 0.6 is 0 Å². The Kier molecular flexibility index (Phi) is 5.30. The van der Waals surface area contributed by atoms with Crippen LogP contribution in [0.4, 0.5) is 13.2 Å². The van der Waals surface area contributed by atoms with Gasteiger partial charge >= 0.3 is 6.18 Å². The van der Waals surface area contributed by atoms with Crippen molar-refractivity contribution in [3.8, 4) is 11.5 Å². The van der Waals surface area contributed by atoms with Gasteiger partial charge in [-0.25, -0.2) is 0 Å². The third-order valence-electron chi connectivity index (χ3n) is 8.52. The number of aliphatic hydroxyl groups excluding tert-OH is 1. The smallest absolute Gasteiger partial charge is 0.394 e. The molecule has 3 aliphatic carbocycles. The van der Waals surface area contributed by atoms with E-state index in [1.165, 1.54) is 11.1 Å². The van der Waals surface area contributed by atoms with Gasteiger partial charge in [0.2, 0.25) is 0 Å². The average molecular weight is 468 g/mol. The van der Waals surface area contributed by atoms with Gasteiger partial charge in [-0.15, -0.1) is 0 Å². The highest BCUT2D eigenvalue weighted by molar-refractivity contribution is 5.50. The third-order valence-corrected chi connectivity index (χ3v) is 8.52. The van der Waals surface area contributed by atoms with Crippen LogP contribution < -0.4 is 9.47 Å². The summed E-state index contributed by atoms with van der Waals surface area (Å²) in [7, 11) is 1.60. The molecule has 4 nitrogen and oxygen atoms in total. The predicted molar refractivity (Wildman–Crippen MR) is 119 cm³/mol. The summed E-state index contributed by atoms with van der Waals surface area (Å²) in [4.78, 5) is 2.49. The van der Waals surface area contributed by atoms with E-state index in [9.17, 15) is 18.3 Å². The largest absolute Gasteiger partial charge is 0.493 e. The number of methoxy groups -OCH3 is 1. The second kappa shape index (κ2) is 7.51. The van der Waals surface area contributed by atoms with Crippen LogP contribution in [0.2, 0.25) is 0 Å². The molecule has 5 aliphatic rings. The number of hydrogen-bond donors (Lipinski definition) is 1. The van der Waals surface area contributed by atoms with Crippen LogP contribution in [0, 0.1) is 22.2 Å². The first-order valence-electron chi connectivity index (χ1n) is 12.2. The minimum absolute atomic E-state index is 0.159. The summed E-state index contributed by atoms with van der Waals surface area (Å²) in [5, 5.41) is 10.9. The molecular formula is C26H36F3NO3. The van der Waals surface area contributed by atoms with E-state index in [4.69, 9.17) is 9.47 Å². The van der Waals surface area contributed by atoms with E-state index in [-0.39, 0.29) is 48.2 Å². The van der Waals surface area contributed by atoms with Gasteiger partial charge in [-0.05, 0) is 73.1 Å². The lowest BCUT2D eigenvalue weighted by atomic mass is 9.35. The van der Waals surface area contributed by atoms with Crippen molar-refractivity contribution in [1.82, 2.24) is 4.90 Å². The Morgan fingerprint density at radius 1 is 1.12 bits per heavy atom. The van der Waals surface area contributed by atoms with Crippen molar-refractivity contribution in [3.05, 3.63) is 23.3 Å². The zero-order chi connectivity index (χ0) is 23.8. The minimum atomic E-state index is -4.10. The summed E-state index contributed by atoms with van der Waals surface area (Å²) < 4.78 is 51.1. The molecule has 33 heavy (non-hydrogen) atoms. The number of benzene rings is 1. The lowest BCUT2D eigenvalue weighted by Gasteiger charge is -2.70. The van der Waals surface area contributed by atoms with E-state index in [1.807, 2.05) is 12.1 Å². The van der Waals surface area contributed by atoms with E-state index in [2.05, 4.69) is 25.7 Å². The molecule has 2 bridgehead atoms. The van der Waals surface area contributed by atoms with Crippen LogP contribution in [0.1, 0.15) is 70.0 Å². The number of hydrogen-bond acceptors (Lipinski definition) is 4. The first-order chi connectivity index (χ1) is 15.3. The second-order valence-corrected chi connectivity index (χ2v) is 12.4. The summed E-state index contributed by atoms with van der Waals surface area (Å²) >= 11 is 0. The summed E-state index contributed by atoms with van der Waals surface area (Å²) in [6.07, 6.45) is -1.28. The van der Waals surface area contributed by atoms with Gasteiger partial charge in [-0.3, -0.25) is 4.90 Å². The Labute approximate surface area is 194 Å². The SMILES string of the molecule is COc1cc2c(cc1OCC13CC(C(F)(F)F)(C1)C3)CCN1CC(CC(C)(C)C)C(O)CC21. The van der Waals surface area contributed by atoms with Crippen LogP contribution in [0.25, 0.3) is 0 Å². The molecule has 0 amide bonds. The van der Waals surface area contributed by atoms with E-state index in [0.29, 0.717) is 24.5 Å². The number of fused-ring (bicyclic) bond motifs is 3. The summed E-state index contributed by atoms with van der Waals surface area (Å²) in [5.74, 6) is 1.52. The van der Waals surface area contributed by atoms with Gasteiger partial charge in [0, 0.05) is 24.5 Å². The Hall–Kier alpha value is -1.47. The predicted octanol–water partition coefficient (Wildman–Crippen LogP) is 5.52. The molecule has 1 saturated heterocycles. The van der Waals surface area contributed by atoms with Gasteiger partial charge in [0.1, 0.15) is 0 Å². The maximum absolute atomic E-state index is 13.1. The first-order valence-corrected chi connectivity index (χ1v) is 12.2. The highest BCUT2D eigenvalue weighted by Gasteiger charge is 2.78. The number of aliphatic hydroxyl groups is 1. The molecule has 0 spiro atoms. The first kappa shape index (κ1) is 23.3. The maximum Gasteiger partial charge on any atom is 0.394 e. The highest BCUT2D eigenvalue weighted by Crippen LogP contribution is 2.78. The van der Waals surface area contributed by atoms with E-state index in [1.54, 1.807) is 7.11 Å². The molecule has 184 valence electrons. The molecule has 1 aromatic rings. The van der Waals surface area contributed by atoms with Crippen molar-refractivity contribution < 1.29 is 27.8 Å². The quantitative estimate of drug-likeness (QED) is 0.619. The van der Waals surface area contributed by atoms with Crippen LogP contribution in [-0.4, -0.2) is 49.1 Å². The van der Waals surface area contributed by atoms with E-state index >= 15 is 0 Å². The van der Waals surface area contributed by atoms with Crippen molar-refractivity contribution in [2.45, 2.75) is 77.6 Å². The fourth-order valence-electron chi connectivity index (χ4n) is 7.04. The molecule has 1 N–H and O–H groups in total. The zero-order valence-corrected chi connectivity index (χ0v) is 20.1. The molecule has 3 atom stereocenters. The van der Waals surface area contributed by atoms with E-state index in [0.717, 1.165) is 25.9 Å². The van der Waals surface area contributed by atoms with Crippen LogP contribution in [0.3, 0.4) is 0 Å². The molecule has 6 rings (SSSR count). The Bertz CT molecular complexity index is 903. The van der Waals surface area contributed by atoms with Crippen molar-refractivity contribution in [3.63, 3.8) is 0 Å². The number of halogens is 3. The normalized spacial score (nSPS) is 35.7. The number of nitrogens with zero attached hydrogens (tertiary/aromatic N) is 1. The Balaban J connectivity index is 1.28.